The van der Waals surface area contributed by atoms with E-state index in [9.17, 15) is 8.42 Å². The number of hydrogen-bond donors (Lipinski definition) is 0. The van der Waals surface area contributed by atoms with E-state index in [1.54, 1.807) is 22.5 Å². The minimum Gasteiger partial charge on any atom is -0.346 e. The van der Waals surface area contributed by atoms with Crippen molar-refractivity contribution in [1.82, 2.24) is 8.87 Å². The molecule has 0 amide bonds. The second-order valence-corrected chi connectivity index (χ2v) is 8.42. The Bertz CT molecular complexity index is 1040. The van der Waals surface area contributed by atoms with Crippen molar-refractivity contribution >= 4 is 32.5 Å². The summed E-state index contributed by atoms with van der Waals surface area (Å²) < 4.78 is 29.5. The van der Waals surface area contributed by atoms with Gasteiger partial charge in [-0.05, 0) is 36.2 Å². The van der Waals surface area contributed by atoms with Crippen molar-refractivity contribution in [3.63, 3.8) is 0 Å². The molecular formula is C18H17ClN2O2S. The van der Waals surface area contributed by atoms with Crippen molar-refractivity contribution in [3.05, 3.63) is 64.8 Å². The summed E-state index contributed by atoms with van der Waals surface area (Å²) in [5.74, 6) is 0. The Kier molecular flexibility index (Phi) is 3.67. The van der Waals surface area contributed by atoms with Crippen LogP contribution in [0.3, 0.4) is 0 Å². The molecule has 0 N–H and O–H groups in total. The highest BCUT2D eigenvalue weighted by molar-refractivity contribution is 7.89. The number of rotatable bonds is 2. The number of para-hydroxylation sites is 1. The number of aryl methyl sites for hydroxylation is 1. The van der Waals surface area contributed by atoms with Crippen molar-refractivity contribution < 1.29 is 8.42 Å². The maximum Gasteiger partial charge on any atom is 0.243 e. The highest BCUT2D eigenvalue weighted by atomic mass is 35.5. The van der Waals surface area contributed by atoms with E-state index >= 15 is 0 Å². The molecule has 0 fully saturated rings. The van der Waals surface area contributed by atoms with Crippen molar-refractivity contribution in [2.75, 3.05) is 6.54 Å². The smallest absolute Gasteiger partial charge is 0.243 e. The summed E-state index contributed by atoms with van der Waals surface area (Å²) in [7, 11) is -1.55. The summed E-state index contributed by atoms with van der Waals surface area (Å²) in [6, 6.07) is 14.7. The van der Waals surface area contributed by atoms with Gasteiger partial charge in [-0.1, -0.05) is 35.9 Å². The molecule has 0 bridgehead atoms. The zero-order valence-corrected chi connectivity index (χ0v) is 14.8. The summed E-state index contributed by atoms with van der Waals surface area (Å²) in [6.07, 6.45) is 0.719. The molecule has 0 spiro atoms. The molecule has 4 nitrogen and oxygen atoms in total. The molecule has 4 rings (SSSR count). The van der Waals surface area contributed by atoms with Crippen molar-refractivity contribution in [3.8, 4) is 0 Å². The zero-order valence-electron chi connectivity index (χ0n) is 13.2. The molecule has 2 aromatic carbocycles. The Hall–Kier alpha value is -1.82. The molecule has 0 saturated carbocycles. The van der Waals surface area contributed by atoms with Gasteiger partial charge in [-0.15, -0.1) is 0 Å². The van der Waals surface area contributed by atoms with E-state index < -0.39 is 10.0 Å². The average molecular weight is 361 g/mol. The minimum atomic E-state index is -3.55. The maximum atomic E-state index is 12.9. The fourth-order valence-corrected chi connectivity index (χ4v) is 5.17. The molecular weight excluding hydrogens is 344 g/mol. The molecule has 6 heteroatoms. The number of hydrogen-bond acceptors (Lipinski definition) is 2. The van der Waals surface area contributed by atoms with E-state index in [1.807, 2.05) is 19.2 Å². The third-order valence-corrected chi connectivity index (χ3v) is 6.79. The van der Waals surface area contributed by atoms with Crippen LogP contribution in [0.25, 0.3) is 10.9 Å². The number of aromatic nitrogens is 1. The van der Waals surface area contributed by atoms with Crippen LogP contribution in [0.1, 0.15) is 11.3 Å². The number of fused-ring (bicyclic) bond motifs is 3. The quantitative estimate of drug-likeness (QED) is 0.701. The second-order valence-electron chi connectivity index (χ2n) is 6.05. The van der Waals surface area contributed by atoms with Gasteiger partial charge >= 0.3 is 0 Å². The molecule has 0 aliphatic carbocycles. The molecule has 124 valence electrons. The lowest BCUT2D eigenvalue weighted by molar-refractivity contribution is 0.383. The lowest BCUT2D eigenvalue weighted by Crippen LogP contribution is -2.36. The molecule has 0 saturated heterocycles. The van der Waals surface area contributed by atoms with Gasteiger partial charge in [0.2, 0.25) is 10.0 Å². The van der Waals surface area contributed by atoms with Crippen molar-refractivity contribution in [2.24, 2.45) is 7.05 Å². The topological polar surface area (TPSA) is 42.3 Å². The molecule has 24 heavy (non-hydrogen) atoms. The van der Waals surface area contributed by atoms with E-state index in [4.69, 9.17) is 11.6 Å². The van der Waals surface area contributed by atoms with E-state index in [1.165, 1.54) is 17.0 Å². The van der Waals surface area contributed by atoms with Gasteiger partial charge in [-0.25, -0.2) is 8.42 Å². The predicted molar refractivity (Wildman–Crippen MR) is 95.7 cm³/mol. The highest BCUT2D eigenvalue weighted by Crippen LogP contribution is 2.32. The van der Waals surface area contributed by atoms with Gasteiger partial charge in [0.25, 0.3) is 0 Å². The third-order valence-electron chi connectivity index (χ3n) is 4.71. The fourth-order valence-electron chi connectivity index (χ4n) is 3.47. The Morgan fingerprint density at radius 1 is 1.08 bits per heavy atom. The van der Waals surface area contributed by atoms with Crippen LogP contribution in [-0.2, 0) is 30.0 Å². The van der Waals surface area contributed by atoms with E-state index in [2.05, 4.69) is 16.7 Å². The first-order valence-electron chi connectivity index (χ1n) is 7.79. The van der Waals surface area contributed by atoms with Crippen LogP contribution in [0.2, 0.25) is 5.02 Å². The summed E-state index contributed by atoms with van der Waals surface area (Å²) >= 11 is 5.96. The SMILES string of the molecule is Cn1c2c(c3ccccc31)CCN(S(=O)(=O)c1cccc(Cl)c1)C2. The monoisotopic (exact) mass is 360 g/mol. The molecule has 2 heterocycles. The predicted octanol–water partition coefficient (Wildman–Crippen LogP) is 3.58. The van der Waals surface area contributed by atoms with Crippen LogP contribution in [0, 0.1) is 0 Å². The van der Waals surface area contributed by atoms with Crippen LogP contribution in [-0.4, -0.2) is 23.8 Å². The zero-order chi connectivity index (χ0) is 16.9. The van der Waals surface area contributed by atoms with Gasteiger partial charge < -0.3 is 4.57 Å². The van der Waals surface area contributed by atoms with Crippen molar-refractivity contribution in [2.45, 2.75) is 17.9 Å². The molecule has 0 radical (unpaired) electrons. The van der Waals surface area contributed by atoms with Crippen LogP contribution in [0.4, 0.5) is 0 Å². The number of halogens is 1. The van der Waals surface area contributed by atoms with Crippen LogP contribution >= 0.6 is 11.6 Å². The summed E-state index contributed by atoms with van der Waals surface area (Å²) in [5, 5.41) is 1.65. The minimum absolute atomic E-state index is 0.247. The molecule has 1 aliphatic heterocycles. The first-order chi connectivity index (χ1) is 11.5. The molecule has 0 unspecified atom stereocenters. The van der Waals surface area contributed by atoms with Gasteiger partial charge in [0.05, 0.1) is 11.4 Å². The highest BCUT2D eigenvalue weighted by Gasteiger charge is 2.31. The first kappa shape index (κ1) is 15.7. The average Bonchev–Trinajstić information content (AvgIpc) is 2.88. The number of sulfonamides is 1. The van der Waals surface area contributed by atoms with E-state index in [0.717, 1.165) is 17.6 Å². The maximum absolute atomic E-state index is 12.9. The number of nitrogens with zero attached hydrogens (tertiary/aromatic N) is 2. The number of benzene rings is 2. The Balaban J connectivity index is 1.77. The molecule has 0 atom stereocenters. The summed E-state index contributed by atoms with van der Waals surface area (Å²) in [5.41, 5.74) is 3.46. The van der Waals surface area contributed by atoms with E-state index in [-0.39, 0.29) is 4.90 Å². The van der Waals surface area contributed by atoms with Gasteiger partial charge in [0.15, 0.2) is 0 Å². The fraction of sp³-hybridized carbons (Fsp3) is 0.222. The molecule has 1 aliphatic rings. The summed E-state index contributed by atoms with van der Waals surface area (Å²) in [6.45, 7) is 0.866. The lowest BCUT2D eigenvalue weighted by atomic mass is 10.1. The van der Waals surface area contributed by atoms with Crippen molar-refractivity contribution in [1.29, 1.82) is 0 Å². The van der Waals surface area contributed by atoms with E-state index in [0.29, 0.717) is 18.1 Å². The standard InChI is InChI=1S/C18H17ClN2O2S/c1-20-17-8-3-2-7-15(17)16-9-10-21(12-18(16)20)24(22,23)14-6-4-5-13(19)11-14/h2-8,11H,9-10,12H2,1H3. The van der Waals surface area contributed by atoms with Gasteiger partial charge in [-0.3, -0.25) is 0 Å². The van der Waals surface area contributed by atoms with Crippen LogP contribution in [0.15, 0.2) is 53.4 Å². The summed E-state index contributed by atoms with van der Waals surface area (Å²) in [4.78, 5) is 0.247. The lowest BCUT2D eigenvalue weighted by Gasteiger charge is -2.27. The third kappa shape index (κ3) is 2.35. The Morgan fingerprint density at radius 3 is 2.67 bits per heavy atom. The molecule has 1 aromatic heterocycles. The largest absolute Gasteiger partial charge is 0.346 e. The second kappa shape index (κ2) is 5.62. The molecule has 3 aromatic rings. The Labute approximate surface area is 146 Å². The van der Waals surface area contributed by atoms with Gasteiger partial charge in [0, 0.05) is 35.2 Å². The van der Waals surface area contributed by atoms with Crippen LogP contribution < -0.4 is 0 Å². The first-order valence-corrected chi connectivity index (χ1v) is 9.61. The van der Waals surface area contributed by atoms with Gasteiger partial charge in [-0.2, -0.15) is 4.31 Å². The van der Waals surface area contributed by atoms with Crippen LogP contribution in [0.5, 0.6) is 0 Å². The normalized spacial score (nSPS) is 15.6. The van der Waals surface area contributed by atoms with Gasteiger partial charge in [0.1, 0.15) is 0 Å². The Morgan fingerprint density at radius 2 is 1.88 bits per heavy atom.